The Kier molecular flexibility index (Phi) is 8.19. The van der Waals surface area contributed by atoms with Crippen LogP contribution in [0.1, 0.15) is 23.0 Å². The van der Waals surface area contributed by atoms with Crippen LogP contribution in [0.2, 0.25) is 0 Å². The molecule has 0 spiro atoms. The highest BCUT2D eigenvalue weighted by atomic mass is 32.2. The summed E-state index contributed by atoms with van der Waals surface area (Å²) in [5.74, 6) is -1.08. The summed E-state index contributed by atoms with van der Waals surface area (Å²) in [7, 11) is 0. The lowest BCUT2D eigenvalue weighted by Gasteiger charge is -2.17. The van der Waals surface area contributed by atoms with Crippen molar-refractivity contribution >= 4 is 46.0 Å². The van der Waals surface area contributed by atoms with Gasteiger partial charge in [0, 0.05) is 6.42 Å². The van der Waals surface area contributed by atoms with E-state index in [0.717, 1.165) is 16.9 Å². The number of hydrogen-bond acceptors (Lipinski definition) is 9. The van der Waals surface area contributed by atoms with Crippen molar-refractivity contribution in [3.63, 3.8) is 0 Å². The minimum atomic E-state index is -0.862. The molecule has 2 N–H and O–H groups in total. The van der Waals surface area contributed by atoms with Crippen LogP contribution >= 0.6 is 23.1 Å². The number of carbonyl (C=O) groups is 3. The van der Waals surface area contributed by atoms with Crippen LogP contribution < -0.4 is 10.6 Å². The number of benzene rings is 1. The predicted octanol–water partition coefficient (Wildman–Crippen LogP) is 2.77. The van der Waals surface area contributed by atoms with Gasteiger partial charge in [0.2, 0.25) is 11.0 Å². The van der Waals surface area contributed by atoms with Gasteiger partial charge in [-0.05, 0) is 24.6 Å². The first-order chi connectivity index (χ1) is 15.0. The number of thioether (sulfide) groups is 1. The molecule has 0 saturated carbocycles. The highest BCUT2D eigenvalue weighted by molar-refractivity contribution is 8.01. The minimum absolute atomic E-state index is 0.103. The quantitative estimate of drug-likeness (QED) is 0.269. The molecular weight excluding hydrogens is 440 g/mol. The van der Waals surface area contributed by atoms with Crippen molar-refractivity contribution in [1.29, 1.82) is 0 Å². The lowest BCUT2D eigenvalue weighted by molar-refractivity contribution is -0.139. The maximum absolute atomic E-state index is 12.9. The summed E-state index contributed by atoms with van der Waals surface area (Å²) in [6.07, 6.45) is 1.67. The number of furan rings is 1. The van der Waals surface area contributed by atoms with Gasteiger partial charge in [-0.2, -0.15) is 0 Å². The normalized spacial score (nSPS) is 11.5. The largest absolute Gasteiger partial charge is 0.465 e. The third kappa shape index (κ3) is 6.93. The van der Waals surface area contributed by atoms with Crippen molar-refractivity contribution < 1.29 is 23.5 Å². The molecule has 9 nitrogen and oxygen atoms in total. The van der Waals surface area contributed by atoms with E-state index in [1.807, 2.05) is 30.3 Å². The maximum Gasteiger partial charge on any atom is 0.316 e. The zero-order valence-electron chi connectivity index (χ0n) is 16.6. The Hall–Kier alpha value is -3.18. The average molecular weight is 461 g/mol. The molecule has 0 saturated heterocycles. The smallest absolute Gasteiger partial charge is 0.316 e. The van der Waals surface area contributed by atoms with Gasteiger partial charge in [-0.3, -0.25) is 19.7 Å². The molecule has 2 amide bonds. The third-order valence-corrected chi connectivity index (χ3v) is 5.85. The molecule has 3 aromatic rings. The summed E-state index contributed by atoms with van der Waals surface area (Å²) in [5, 5.41) is 13.5. The van der Waals surface area contributed by atoms with Crippen molar-refractivity contribution in [1.82, 2.24) is 15.5 Å². The van der Waals surface area contributed by atoms with Gasteiger partial charge in [-0.15, -0.1) is 10.2 Å². The van der Waals surface area contributed by atoms with E-state index >= 15 is 0 Å². The lowest BCUT2D eigenvalue weighted by atomic mass is 10.1. The summed E-state index contributed by atoms with van der Waals surface area (Å²) in [6.45, 7) is 2.04. The van der Waals surface area contributed by atoms with Crippen LogP contribution in [0.15, 0.2) is 57.5 Å². The Balaban J connectivity index is 1.65. The van der Waals surface area contributed by atoms with Crippen molar-refractivity contribution in [2.24, 2.45) is 0 Å². The fraction of sp³-hybridized carbons (Fsp3) is 0.250. The molecule has 1 atom stereocenters. The van der Waals surface area contributed by atoms with E-state index in [9.17, 15) is 14.4 Å². The molecule has 0 fully saturated rings. The lowest BCUT2D eigenvalue weighted by Crippen LogP contribution is -2.45. The summed E-state index contributed by atoms with van der Waals surface area (Å²) < 4.78 is 10.5. The van der Waals surface area contributed by atoms with E-state index in [1.54, 1.807) is 13.0 Å². The monoisotopic (exact) mass is 460 g/mol. The van der Waals surface area contributed by atoms with E-state index < -0.39 is 17.9 Å². The van der Waals surface area contributed by atoms with Crippen LogP contribution in [-0.2, 0) is 20.7 Å². The predicted molar refractivity (Wildman–Crippen MR) is 116 cm³/mol. The molecule has 3 rings (SSSR count). The number of nitrogens with one attached hydrogen (secondary N) is 2. The Morgan fingerprint density at radius 1 is 1.16 bits per heavy atom. The number of amides is 2. The van der Waals surface area contributed by atoms with E-state index in [1.165, 1.54) is 24.1 Å². The van der Waals surface area contributed by atoms with Gasteiger partial charge in [0.15, 0.2) is 10.1 Å². The van der Waals surface area contributed by atoms with E-state index in [2.05, 4.69) is 20.8 Å². The zero-order valence-corrected chi connectivity index (χ0v) is 18.2. The second kappa shape index (κ2) is 11.3. The maximum atomic E-state index is 12.9. The number of hydrogen-bond donors (Lipinski definition) is 2. The van der Waals surface area contributed by atoms with Gasteiger partial charge >= 0.3 is 5.97 Å². The van der Waals surface area contributed by atoms with Crippen LogP contribution in [0, 0.1) is 0 Å². The standard InChI is InChI=1S/C20H20N4O5S2/c1-2-28-16(25)12-30-20-24-23-19(31-20)22-17(26)14(11-13-7-4-3-5-8-13)21-18(27)15-9-6-10-29-15/h3-10,14H,2,11-12H2,1H3,(H,21,27)(H,22,23,26). The summed E-state index contributed by atoms with van der Waals surface area (Å²) in [6, 6.07) is 11.6. The second-order valence-corrected chi connectivity index (χ2v) is 8.35. The molecule has 162 valence electrons. The first-order valence-electron chi connectivity index (χ1n) is 9.36. The number of rotatable bonds is 10. The minimum Gasteiger partial charge on any atom is -0.465 e. The molecular formula is C20H20N4O5S2. The topological polar surface area (TPSA) is 123 Å². The van der Waals surface area contributed by atoms with Gasteiger partial charge in [0.25, 0.3) is 5.91 Å². The van der Waals surface area contributed by atoms with Gasteiger partial charge in [-0.25, -0.2) is 0 Å². The summed E-state index contributed by atoms with van der Waals surface area (Å²) in [4.78, 5) is 36.8. The molecule has 0 bridgehead atoms. The fourth-order valence-corrected chi connectivity index (χ4v) is 4.08. The molecule has 1 unspecified atom stereocenters. The van der Waals surface area contributed by atoms with Crippen molar-refractivity contribution in [2.45, 2.75) is 23.7 Å². The molecule has 0 aliphatic carbocycles. The highest BCUT2D eigenvalue weighted by Gasteiger charge is 2.24. The Labute approximate surface area is 186 Å². The number of carbonyl (C=O) groups excluding carboxylic acids is 3. The van der Waals surface area contributed by atoms with Crippen LogP contribution in [0.4, 0.5) is 5.13 Å². The zero-order chi connectivity index (χ0) is 22.1. The Morgan fingerprint density at radius 3 is 2.68 bits per heavy atom. The number of anilines is 1. The summed E-state index contributed by atoms with van der Waals surface area (Å²) >= 11 is 2.30. The Bertz CT molecular complexity index is 1010. The summed E-state index contributed by atoms with van der Waals surface area (Å²) in [5.41, 5.74) is 0.880. The fourth-order valence-electron chi connectivity index (χ4n) is 2.53. The van der Waals surface area contributed by atoms with Crippen LogP contribution in [0.3, 0.4) is 0 Å². The first kappa shape index (κ1) is 22.5. The molecule has 2 heterocycles. The molecule has 2 aromatic heterocycles. The van der Waals surface area contributed by atoms with Crippen LogP contribution in [-0.4, -0.2) is 46.4 Å². The first-order valence-corrected chi connectivity index (χ1v) is 11.2. The van der Waals surface area contributed by atoms with Gasteiger partial charge in [-0.1, -0.05) is 53.4 Å². The van der Waals surface area contributed by atoms with Gasteiger partial charge in [0.05, 0.1) is 18.6 Å². The molecule has 1 aromatic carbocycles. The molecule has 0 aliphatic rings. The highest BCUT2D eigenvalue weighted by Crippen LogP contribution is 2.25. The van der Waals surface area contributed by atoms with Crippen LogP contribution in [0.25, 0.3) is 0 Å². The SMILES string of the molecule is CCOC(=O)CSc1nnc(NC(=O)C(Cc2ccccc2)NC(=O)c2ccco2)s1. The third-order valence-electron chi connectivity index (χ3n) is 3.90. The van der Waals surface area contributed by atoms with Crippen LogP contribution in [0.5, 0.6) is 0 Å². The molecule has 11 heteroatoms. The number of ether oxygens (including phenoxy) is 1. The Morgan fingerprint density at radius 2 is 1.97 bits per heavy atom. The average Bonchev–Trinajstić information content (AvgIpc) is 3.45. The van der Waals surface area contributed by atoms with Crippen molar-refractivity contribution in [3.05, 3.63) is 60.1 Å². The molecule has 0 radical (unpaired) electrons. The molecule has 31 heavy (non-hydrogen) atoms. The van der Waals surface area contributed by atoms with Crippen molar-refractivity contribution in [3.8, 4) is 0 Å². The number of aromatic nitrogens is 2. The number of esters is 1. The van der Waals surface area contributed by atoms with E-state index in [-0.39, 0.29) is 29.0 Å². The molecule has 0 aliphatic heterocycles. The van der Waals surface area contributed by atoms with E-state index in [0.29, 0.717) is 10.9 Å². The van der Waals surface area contributed by atoms with Crippen molar-refractivity contribution in [2.75, 3.05) is 17.7 Å². The van der Waals surface area contributed by atoms with Gasteiger partial charge in [0.1, 0.15) is 6.04 Å². The van der Waals surface area contributed by atoms with Gasteiger partial charge < -0.3 is 14.5 Å². The van der Waals surface area contributed by atoms with E-state index in [4.69, 9.17) is 9.15 Å². The second-order valence-electron chi connectivity index (χ2n) is 6.15. The number of nitrogens with zero attached hydrogens (tertiary/aromatic N) is 2.